The maximum atomic E-state index is 12.7. The Balaban J connectivity index is 1.82. The Morgan fingerprint density at radius 2 is 2.03 bits per heavy atom. The quantitative estimate of drug-likeness (QED) is 0.347. The molecule has 5 N–H and O–H groups in total. The predicted octanol–water partition coefficient (Wildman–Crippen LogP) is 3.19. The van der Waals surface area contributed by atoms with E-state index in [-0.39, 0.29) is 28.5 Å². The number of halogens is 3. The average molecular weight is 431 g/mol. The predicted molar refractivity (Wildman–Crippen MR) is 107 cm³/mol. The van der Waals surface area contributed by atoms with Crippen LogP contribution in [0.25, 0.3) is 17.0 Å². The average Bonchev–Trinajstić information content (AvgIpc) is 3.24. The number of benzene rings is 1. The number of alkyl halides is 3. The van der Waals surface area contributed by atoms with Gasteiger partial charge in [-0.3, -0.25) is 9.78 Å². The first kappa shape index (κ1) is 21.5. The number of anilines is 2. The highest BCUT2D eigenvalue weighted by atomic mass is 19.4. The first-order valence-electron chi connectivity index (χ1n) is 8.69. The second-order valence-electron chi connectivity index (χ2n) is 6.14. The summed E-state index contributed by atoms with van der Waals surface area (Å²) in [4.78, 5) is 19.9. The molecule has 0 radical (unpaired) electrons. The van der Waals surface area contributed by atoms with Crippen molar-refractivity contribution in [2.45, 2.75) is 6.18 Å². The van der Waals surface area contributed by atoms with Crippen LogP contribution >= 0.6 is 0 Å². The van der Waals surface area contributed by atoms with Gasteiger partial charge in [0.25, 0.3) is 5.91 Å². The maximum absolute atomic E-state index is 12.7. The lowest BCUT2D eigenvalue weighted by Gasteiger charge is -2.09. The van der Waals surface area contributed by atoms with Gasteiger partial charge in [0.05, 0.1) is 11.4 Å². The minimum atomic E-state index is -4.77. The Morgan fingerprint density at radius 1 is 1.26 bits per heavy atom. The van der Waals surface area contributed by atoms with Crippen molar-refractivity contribution in [3.63, 3.8) is 0 Å². The largest absolute Gasteiger partial charge is 0.471 e. The molecule has 2 aromatic heterocycles. The molecule has 1 amide bonds. The fraction of sp³-hybridized carbons (Fsp3) is 0.105. The first-order valence-corrected chi connectivity index (χ1v) is 8.69. The van der Waals surface area contributed by atoms with Crippen molar-refractivity contribution < 1.29 is 22.5 Å². The second-order valence-corrected chi connectivity index (χ2v) is 6.14. The SMILES string of the molecule is CN/C=C(\C=N)c1ccc(C(=O)Nc2cc(-c3noc(C(F)(F)F)n3)ccc2N)nc1. The van der Waals surface area contributed by atoms with E-state index in [1.807, 2.05) is 0 Å². The molecule has 0 unspecified atom stereocenters. The van der Waals surface area contributed by atoms with Crippen molar-refractivity contribution in [3.8, 4) is 11.4 Å². The third-order valence-corrected chi connectivity index (χ3v) is 4.01. The van der Waals surface area contributed by atoms with Crippen LogP contribution < -0.4 is 16.4 Å². The third kappa shape index (κ3) is 4.86. The van der Waals surface area contributed by atoms with Crippen LogP contribution in [0.3, 0.4) is 0 Å². The van der Waals surface area contributed by atoms with Crippen molar-refractivity contribution in [3.05, 3.63) is 59.9 Å². The van der Waals surface area contributed by atoms with Gasteiger partial charge in [0.2, 0.25) is 5.82 Å². The van der Waals surface area contributed by atoms with Gasteiger partial charge in [-0.05, 0) is 24.3 Å². The number of nitrogens with two attached hydrogens (primary N) is 1. The van der Waals surface area contributed by atoms with Crippen LogP contribution in [0.1, 0.15) is 21.9 Å². The molecular weight excluding hydrogens is 415 g/mol. The minimum Gasteiger partial charge on any atom is -0.397 e. The lowest BCUT2D eigenvalue weighted by molar-refractivity contribution is -0.159. The van der Waals surface area contributed by atoms with Crippen molar-refractivity contribution >= 4 is 29.1 Å². The molecule has 0 aliphatic carbocycles. The molecule has 3 rings (SSSR count). The van der Waals surface area contributed by atoms with Crippen molar-refractivity contribution in [1.82, 2.24) is 20.4 Å². The van der Waals surface area contributed by atoms with Gasteiger partial charge in [0, 0.05) is 42.4 Å². The van der Waals surface area contributed by atoms with E-state index in [1.165, 1.54) is 30.5 Å². The van der Waals surface area contributed by atoms with Gasteiger partial charge < -0.3 is 26.3 Å². The summed E-state index contributed by atoms with van der Waals surface area (Å²) in [6.07, 6.45) is -0.589. The number of nitrogen functional groups attached to an aromatic ring is 1. The highest BCUT2D eigenvalue weighted by Crippen LogP contribution is 2.31. The number of carbonyl (C=O) groups excluding carboxylic acids is 1. The van der Waals surface area contributed by atoms with Crippen molar-refractivity contribution in [2.75, 3.05) is 18.1 Å². The van der Waals surface area contributed by atoms with Crippen LogP contribution in [0.4, 0.5) is 24.5 Å². The number of hydrogen-bond acceptors (Lipinski definition) is 8. The molecular formula is C19H16F3N7O2. The number of pyridine rings is 1. The molecule has 0 saturated heterocycles. The summed E-state index contributed by atoms with van der Waals surface area (Å²) in [5, 5.41) is 16.1. The van der Waals surface area contributed by atoms with Crippen molar-refractivity contribution in [2.24, 2.45) is 0 Å². The smallest absolute Gasteiger partial charge is 0.397 e. The van der Waals surface area contributed by atoms with Gasteiger partial charge in [0.1, 0.15) is 5.69 Å². The summed E-state index contributed by atoms with van der Waals surface area (Å²) in [7, 11) is 1.69. The Kier molecular flexibility index (Phi) is 6.00. The zero-order valence-corrected chi connectivity index (χ0v) is 16.0. The topological polar surface area (TPSA) is 143 Å². The van der Waals surface area contributed by atoms with Crippen LogP contribution in [0, 0.1) is 5.41 Å². The van der Waals surface area contributed by atoms with Gasteiger partial charge in [-0.15, -0.1) is 0 Å². The van der Waals surface area contributed by atoms with Crippen molar-refractivity contribution in [1.29, 1.82) is 5.41 Å². The number of rotatable bonds is 6. The van der Waals surface area contributed by atoms with Crippen LogP contribution in [-0.2, 0) is 6.18 Å². The molecule has 0 spiro atoms. The van der Waals surface area contributed by atoms with E-state index in [0.29, 0.717) is 11.1 Å². The van der Waals surface area contributed by atoms with E-state index in [4.69, 9.17) is 11.1 Å². The van der Waals surface area contributed by atoms with Gasteiger partial charge in [0.15, 0.2) is 0 Å². The molecule has 0 atom stereocenters. The molecule has 160 valence electrons. The number of allylic oxidation sites excluding steroid dienone is 1. The first-order chi connectivity index (χ1) is 14.7. The number of carbonyl (C=O) groups is 1. The molecule has 0 saturated carbocycles. The molecule has 9 nitrogen and oxygen atoms in total. The summed E-state index contributed by atoms with van der Waals surface area (Å²) in [5.74, 6) is -2.37. The van der Waals surface area contributed by atoms with E-state index in [1.54, 1.807) is 19.3 Å². The molecule has 0 fully saturated rings. The van der Waals surface area contributed by atoms with E-state index in [9.17, 15) is 18.0 Å². The molecule has 12 heteroatoms. The molecule has 31 heavy (non-hydrogen) atoms. The Morgan fingerprint density at radius 3 is 2.61 bits per heavy atom. The molecule has 3 aromatic rings. The van der Waals surface area contributed by atoms with E-state index in [2.05, 4.69) is 30.3 Å². The monoisotopic (exact) mass is 431 g/mol. The van der Waals surface area contributed by atoms with Crippen LogP contribution in [0.5, 0.6) is 0 Å². The highest BCUT2D eigenvalue weighted by molar-refractivity contribution is 6.08. The van der Waals surface area contributed by atoms with Crippen LogP contribution in [-0.4, -0.2) is 34.3 Å². The summed E-state index contributed by atoms with van der Waals surface area (Å²) in [6.45, 7) is 0. The standard InChI is InChI=1S/C19H16F3N7O2/c1-25-8-12(7-23)11-3-5-14(26-9-11)17(30)27-15-6-10(2-4-13(15)24)16-28-18(31-29-16)19(20,21)22/h2-9,23,25H,24H2,1H3,(H,27,30)/b12-8+,23-7?. The Hall–Kier alpha value is -4.22. The molecule has 0 aliphatic rings. The normalized spacial score (nSPS) is 11.8. The zero-order chi connectivity index (χ0) is 22.6. The fourth-order valence-electron chi connectivity index (χ4n) is 2.51. The number of hydrogen-bond donors (Lipinski definition) is 4. The lowest BCUT2D eigenvalue weighted by Crippen LogP contribution is -2.15. The molecule has 0 aliphatic heterocycles. The number of nitrogens with one attached hydrogen (secondary N) is 3. The fourth-order valence-corrected chi connectivity index (χ4v) is 2.51. The summed E-state index contributed by atoms with van der Waals surface area (Å²) in [5.41, 5.74) is 7.61. The minimum absolute atomic E-state index is 0.0706. The maximum Gasteiger partial charge on any atom is 0.471 e. The Bertz CT molecular complexity index is 1140. The van der Waals surface area contributed by atoms with Gasteiger partial charge in [-0.25, -0.2) is 0 Å². The summed E-state index contributed by atoms with van der Waals surface area (Å²) in [6, 6.07) is 7.20. The van der Waals surface area contributed by atoms with E-state index < -0.39 is 18.0 Å². The summed E-state index contributed by atoms with van der Waals surface area (Å²) >= 11 is 0. The highest BCUT2D eigenvalue weighted by Gasteiger charge is 2.38. The van der Waals surface area contributed by atoms with Gasteiger partial charge >= 0.3 is 12.1 Å². The number of amides is 1. The number of nitrogens with zero attached hydrogens (tertiary/aromatic N) is 3. The van der Waals surface area contributed by atoms with E-state index >= 15 is 0 Å². The Labute approximate surface area is 173 Å². The molecule has 1 aromatic carbocycles. The third-order valence-electron chi connectivity index (χ3n) is 4.01. The van der Waals surface area contributed by atoms with Crippen LogP contribution in [0.2, 0.25) is 0 Å². The van der Waals surface area contributed by atoms with Gasteiger partial charge in [-0.1, -0.05) is 11.2 Å². The number of aromatic nitrogens is 3. The molecule has 2 heterocycles. The second kappa shape index (κ2) is 8.65. The lowest BCUT2D eigenvalue weighted by atomic mass is 10.1. The zero-order valence-electron chi connectivity index (χ0n) is 16.0. The van der Waals surface area contributed by atoms with E-state index in [0.717, 1.165) is 6.21 Å². The van der Waals surface area contributed by atoms with Gasteiger partial charge in [-0.2, -0.15) is 18.2 Å². The molecule has 0 bridgehead atoms. The summed E-state index contributed by atoms with van der Waals surface area (Å²) < 4.78 is 42.2. The van der Waals surface area contributed by atoms with Crippen LogP contribution in [0.15, 0.2) is 47.3 Å².